The first-order valence-electron chi connectivity index (χ1n) is 5.96. The molecule has 3 aromatic rings. The minimum absolute atomic E-state index is 0.0986. The number of para-hydroxylation sites is 1. The summed E-state index contributed by atoms with van der Waals surface area (Å²) in [7, 11) is 0. The Morgan fingerprint density at radius 2 is 2.05 bits per heavy atom. The fourth-order valence-electron chi connectivity index (χ4n) is 2.01. The standard InChI is InChI=1S/C14H11N3O3/c1-8-6-12(15)17(16-8)13(18)10-7-9-4-2-3-5-11(9)20-14(10)19/h2-7H,15H2,1H3. The minimum Gasteiger partial charge on any atom is -0.422 e. The van der Waals surface area contributed by atoms with Crippen molar-refractivity contribution < 1.29 is 9.21 Å². The fraction of sp³-hybridized carbons (Fsp3) is 0.0714. The van der Waals surface area contributed by atoms with E-state index in [0.717, 1.165) is 4.68 Å². The summed E-state index contributed by atoms with van der Waals surface area (Å²) in [6.07, 6.45) is 0. The number of nitrogens with zero attached hydrogens (tertiary/aromatic N) is 2. The summed E-state index contributed by atoms with van der Waals surface area (Å²) in [4.78, 5) is 24.2. The summed E-state index contributed by atoms with van der Waals surface area (Å²) in [6, 6.07) is 10.0. The van der Waals surface area contributed by atoms with Crippen molar-refractivity contribution in [2.75, 3.05) is 5.73 Å². The Morgan fingerprint density at radius 3 is 2.75 bits per heavy atom. The summed E-state index contributed by atoms with van der Waals surface area (Å²) in [5.74, 6) is -0.421. The number of nitrogen functional groups attached to an aromatic ring is 1. The highest BCUT2D eigenvalue weighted by Crippen LogP contribution is 2.14. The average Bonchev–Trinajstić information content (AvgIpc) is 2.76. The Kier molecular flexibility index (Phi) is 2.64. The van der Waals surface area contributed by atoms with Crippen molar-refractivity contribution in [1.82, 2.24) is 9.78 Å². The van der Waals surface area contributed by atoms with E-state index in [0.29, 0.717) is 16.7 Å². The van der Waals surface area contributed by atoms with Gasteiger partial charge in [0.05, 0.1) is 5.69 Å². The van der Waals surface area contributed by atoms with Gasteiger partial charge >= 0.3 is 5.63 Å². The van der Waals surface area contributed by atoms with Crippen molar-refractivity contribution in [3.63, 3.8) is 0 Å². The third kappa shape index (κ3) is 1.87. The van der Waals surface area contributed by atoms with E-state index in [1.165, 1.54) is 6.07 Å². The topological polar surface area (TPSA) is 91.1 Å². The first kappa shape index (κ1) is 12.2. The molecule has 0 fully saturated rings. The number of fused-ring (bicyclic) bond motifs is 1. The van der Waals surface area contributed by atoms with E-state index >= 15 is 0 Å². The quantitative estimate of drug-likeness (QED) is 0.677. The predicted octanol–water partition coefficient (Wildman–Crippen LogP) is 1.57. The van der Waals surface area contributed by atoms with Gasteiger partial charge in [-0.1, -0.05) is 18.2 Å². The van der Waals surface area contributed by atoms with E-state index in [1.807, 2.05) is 0 Å². The van der Waals surface area contributed by atoms with Gasteiger partial charge in [-0.2, -0.15) is 9.78 Å². The predicted molar refractivity (Wildman–Crippen MR) is 73.6 cm³/mol. The van der Waals surface area contributed by atoms with Crippen molar-refractivity contribution in [2.24, 2.45) is 0 Å². The van der Waals surface area contributed by atoms with E-state index in [4.69, 9.17) is 10.2 Å². The van der Waals surface area contributed by atoms with Gasteiger partial charge in [-0.05, 0) is 19.1 Å². The number of carbonyl (C=O) groups is 1. The molecule has 0 saturated heterocycles. The average molecular weight is 269 g/mol. The number of rotatable bonds is 1. The summed E-state index contributed by atoms with van der Waals surface area (Å²) >= 11 is 0. The maximum atomic E-state index is 12.3. The lowest BCUT2D eigenvalue weighted by Gasteiger charge is -2.03. The van der Waals surface area contributed by atoms with Gasteiger partial charge in [0.1, 0.15) is 17.0 Å². The highest BCUT2D eigenvalue weighted by Gasteiger charge is 2.18. The lowest BCUT2D eigenvalue weighted by atomic mass is 10.2. The van der Waals surface area contributed by atoms with Crippen molar-refractivity contribution in [2.45, 2.75) is 6.92 Å². The molecular formula is C14H11N3O3. The van der Waals surface area contributed by atoms with Crippen LogP contribution in [0.15, 0.2) is 45.6 Å². The van der Waals surface area contributed by atoms with Crippen LogP contribution in [0.1, 0.15) is 16.1 Å². The zero-order chi connectivity index (χ0) is 14.3. The molecule has 0 amide bonds. The van der Waals surface area contributed by atoms with E-state index in [1.54, 1.807) is 37.3 Å². The molecule has 0 bridgehead atoms. The lowest BCUT2D eigenvalue weighted by Crippen LogP contribution is -2.22. The van der Waals surface area contributed by atoms with Crippen molar-refractivity contribution >= 4 is 22.7 Å². The molecule has 0 radical (unpaired) electrons. The smallest absolute Gasteiger partial charge is 0.349 e. The van der Waals surface area contributed by atoms with Crippen molar-refractivity contribution in [1.29, 1.82) is 0 Å². The van der Waals surface area contributed by atoms with Crippen LogP contribution in [0.5, 0.6) is 0 Å². The first-order chi connectivity index (χ1) is 9.56. The lowest BCUT2D eigenvalue weighted by molar-refractivity contribution is 0.0944. The minimum atomic E-state index is -0.707. The molecule has 0 unspecified atom stereocenters. The van der Waals surface area contributed by atoms with Crippen LogP contribution in [0, 0.1) is 6.92 Å². The highest BCUT2D eigenvalue weighted by molar-refractivity contribution is 5.98. The van der Waals surface area contributed by atoms with Gasteiger partial charge in [-0.15, -0.1) is 0 Å². The van der Waals surface area contributed by atoms with Gasteiger partial charge in [0, 0.05) is 11.5 Å². The number of hydrogen-bond acceptors (Lipinski definition) is 5. The SMILES string of the molecule is Cc1cc(N)n(C(=O)c2cc3ccccc3oc2=O)n1. The zero-order valence-electron chi connectivity index (χ0n) is 10.7. The third-order valence-electron chi connectivity index (χ3n) is 2.92. The molecule has 0 aliphatic carbocycles. The molecule has 100 valence electrons. The number of hydrogen-bond donors (Lipinski definition) is 1. The molecule has 0 aliphatic heterocycles. The molecule has 1 aromatic carbocycles. The van der Waals surface area contributed by atoms with E-state index in [9.17, 15) is 9.59 Å². The number of aryl methyl sites for hydroxylation is 1. The molecule has 2 aromatic heterocycles. The second kappa shape index (κ2) is 4.34. The molecule has 2 heterocycles. The highest BCUT2D eigenvalue weighted by atomic mass is 16.4. The Morgan fingerprint density at radius 1 is 1.30 bits per heavy atom. The third-order valence-corrected chi connectivity index (χ3v) is 2.92. The number of aromatic nitrogens is 2. The van der Waals surface area contributed by atoms with Crippen molar-refractivity contribution in [3.8, 4) is 0 Å². The van der Waals surface area contributed by atoms with E-state index < -0.39 is 11.5 Å². The molecule has 0 spiro atoms. The largest absolute Gasteiger partial charge is 0.422 e. The van der Waals surface area contributed by atoms with Crippen LogP contribution in [0.25, 0.3) is 11.0 Å². The summed E-state index contributed by atoms with van der Waals surface area (Å²) in [5.41, 5.74) is 5.91. The van der Waals surface area contributed by atoms with Crippen LogP contribution in [0.3, 0.4) is 0 Å². The molecule has 6 heteroatoms. The molecule has 20 heavy (non-hydrogen) atoms. The number of nitrogens with two attached hydrogens (primary N) is 1. The van der Waals surface area contributed by atoms with Gasteiger partial charge in [0.25, 0.3) is 5.91 Å². The Balaban J connectivity index is 2.19. The van der Waals surface area contributed by atoms with Crippen molar-refractivity contribution in [3.05, 3.63) is 58.1 Å². The molecule has 6 nitrogen and oxygen atoms in total. The van der Waals surface area contributed by atoms with Crippen LogP contribution < -0.4 is 11.4 Å². The summed E-state index contributed by atoms with van der Waals surface area (Å²) in [6.45, 7) is 1.71. The van der Waals surface area contributed by atoms with Crippen LogP contribution >= 0.6 is 0 Å². The Hall–Kier alpha value is -2.89. The second-order valence-corrected chi connectivity index (χ2v) is 4.41. The van der Waals surface area contributed by atoms with Crippen LogP contribution in [-0.2, 0) is 0 Å². The Bertz CT molecular complexity index is 877. The first-order valence-corrected chi connectivity index (χ1v) is 5.96. The van der Waals surface area contributed by atoms with Gasteiger partial charge < -0.3 is 10.2 Å². The van der Waals surface area contributed by atoms with Crippen LogP contribution in [0.2, 0.25) is 0 Å². The van der Waals surface area contributed by atoms with Gasteiger partial charge in [0.15, 0.2) is 0 Å². The molecule has 0 aliphatic rings. The molecule has 0 atom stereocenters. The number of anilines is 1. The van der Waals surface area contributed by atoms with Gasteiger partial charge in [-0.25, -0.2) is 4.79 Å². The van der Waals surface area contributed by atoms with E-state index in [2.05, 4.69) is 5.10 Å². The number of carbonyl (C=O) groups excluding carboxylic acids is 1. The molecular weight excluding hydrogens is 258 g/mol. The zero-order valence-corrected chi connectivity index (χ0v) is 10.7. The molecule has 2 N–H and O–H groups in total. The van der Waals surface area contributed by atoms with Gasteiger partial charge in [0.2, 0.25) is 0 Å². The molecule has 3 rings (SSSR count). The number of benzene rings is 1. The van der Waals surface area contributed by atoms with E-state index in [-0.39, 0.29) is 11.4 Å². The fourth-order valence-corrected chi connectivity index (χ4v) is 2.01. The Labute approximate surface area is 113 Å². The normalized spacial score (nSPS) is 10.8. The summed E-state index contributed by atoms with van der Waals surface area (Å²) in [5, 5.41) is 4.63. The van der Waals surface area contributed by atoms with Crippen LogP contribution in [0.4, 0.5) is 5.82 Å². The molecule has 0 saturated carbocycles. The summed E-state index contributed by atoms with van der Waals surface area (Å²) < 4.78 is 6.12. The monoisotopic (exact) mass is 269 g/mol. The second-order valence-electron chi connectivity index (χ2n) is 4.41. The maximum Gasteiger partial charge on any atom is 0.349 e. The maximum absolute atomic E-state index is 12.3. The van der Waals surface area contributed by atoms with Crippen LogP contribution in [-0.4, -0.2) is 15.7 Å². The van der Waals surface area contributed by atoms with Gasteiger partial charge in [-0.3, -0.25) is 4.79 Å².